The number of hydrogen-bond acceptors (Lipinski definition) is 6. The van der Waals surface area contributed by atoms with E-state index in [1.54, 1.807) is 9.80 Å². The van der Waals surface area contributed by atoms with Crippen molar-refractivity contribution >= 4 is 12.2 Å². The minimum Gasteiger partial charge on any atom is -0.444 e. The summed E-state index contributed by atoms with van der Waals surface area (Å²) in [6, 6.07) is 11.0. The van der Waals surface area contributed by atoms with Gasteiger partial charge in [-0.3, -0.25) is 0 Å². The van der Waals surface area contributed by atoms with Crippen molar-refractivity contribution < 1.29 is 19.1 Å². The van der Waals surface area contributed by atoms with E-state index in [2.05, 4.69) is 36.6 Å². The molecule has 0 aliphatic carbocycles. The molecule has 0 aromatic heterocycles. The Kier molecular flexibility index (Phi) is 11.0. The molecule has 2 fully saturated rings. The van der Waals surface area contributed by atoms with Crippen LogP contribution >= 0.6 is 0 Å². The van der Waals surface area contributed by atoms with Crippen LogP contribution in [0, 0.1) is 5.92 Å². The summed E-state index contributed by atoms with van der Waals surface area (Å²) in [6.07, 6.45) is 0.525. The van der Waals surface area contributed by atoms with Crippen LogP contribution in [0.5, 0.6) is 0 Å². The Bertz CT molecular complexity index is 817. The Morgan fingerprint density at radius 3 is 1.86 bits per heavy atom. The number of carbonyl (C=O) groups excluding carboxylic acids is 2. The smallest absolute Gasteiger partial charge is 0.410 e. The van der Waals surface area contributed by atoms with Gasteiger partial charge in [0.25, 0.3) is 0 Å². The van der Waals surface area contributed by atoms with Crippen LogP contribution in [0.3, 0.4) is 0 Å². The highest BCUT2D eigenvalue weighted by Gasteiger charge is 2.29. The van der Waals surface area contributed by atoms with E-state index in [0.717, 1.165) is 32.6 Å². The molecule has 8 heteroatoms. The molecule has 2 N–H and O–H groups in total. The quantitative estimate of drug-likeness (QED) is 0.639. The molecule has 0 saturated carbocycles. The average molecular weight is 505 g/mol. The van der Waals surface area contributed by atoms with Crippen molar-refractivity contribution in [2.24, 2.45) is 5.92 Å². The lowest BCUT2D eigenvalue weighted by Gasteiger charge is -2.36. The molecule has 36 heavy (non-hydrogen) atoms. The third-order valence-corrected chi connectivity index (χ3v) is 5.89. The lowest BCUT2D eigenvalue weighted by Crippen LogP contribution is -2.55. The van der Waals surface area contributed by atoms with E-state index < -0.39 is 11.2 Å². The number of rotatable bonds is 3. The van der Waals surface area contributed by atoms with Crippen molar-refractivity contribution in [1.29, 1.82) is 0 Å². The fourth-order valence-corrected chi connectivity index (χ4v) is 4.07. The molecule has 8 nitrogen and oxygen atoms in total. The van der Waals surface area contributed by atoms with Gasteiger partial charge < -0.3 is 29.9 Å². The van der Waals surface area contributed by atoms with E-state index in [1.165, 1.54) is 5.56 Å². The molecular weight excluding hydrogens is 456 g/mol. The Morgan fingerprint density at radius 2 is 1.36 bits per heavy atom. The molecule has 1 aromatic carbocycles. The monoisotopic (exact) mass is 504 g/mol. The van der Waals surface area contributed by atoms with Gasteiger partial charge in [-0.15, -0.1) is 0 Å². The molecule has 204 valence electrons. The van der Waals surface area contributed by atoms with Crippen LogP contribution in [-0.2, 0) is 15.9 Å². The van der Waals surface area contributed by atoms with Crippen LogP contribution in [0.25, 0.3) is 0 Å². The number of nitrogens with zero attached hydrogens (tertiary/aromatic N) is 2. The Hall–Kier alpha value is -2.32. The molecule has 0 radical (unpaired) electrons. The molecule has 0 bridgehead atoms. The zero-order valence-corrected chi connectivity index (χ0v) is 23.6. The molecule has 0 unspecified atom stereocenters. The van der Waals surface area contributed by atoms with Crippen molar-refractivity contribution in [3.8, 4) is 0 Å². The number of amides is 2. The second-order valence-corrected chi connectivity index (χ2v) is 12.0. The van der Waals surface area contributed by atoms with Crippen molar-refractivity contribution in [3.63, 3.8) is 0 Å². The Labute approximate surface area is 218 Å². The highest BCUT2D eigenvalue weighted by molar-refractivity contribution is 5.68. The standard InChI is InChI=1S/C16H24N2O2.C12H24N2O2/c1-16(2,3)20-15(19)18-10-9-17-14(12-18)11-13-7-5-4-6-8-13;1-9(2)10-8-14(7-6-13-10)11(15)16-12(3,4)5/h4-8,14,17H,9-12H2,1-3H3;9-10,13H,6-8H2,1-5H3/t14-;10-/m01/s1. The first-order chi connectivity index (χ1) is 16.7. The molecular formula is C28H48N4O4. The first kappa shape index (κ1) is 29.9. The van der Waals surface area contributed by atoms with Crippen LogP contribution in [0.15, 0.2) is 30.3 Å². The Morgan fingerprint density at radius 1 is 0.861 bits per heavy atom. The van der Waals surface area contributed by atoms with Crippen LogP contribution in [0.1, 0.15) is 61.0 Å². The zero-order valence-electron chi connectivity index (χ0n) is 23.6. The maximum absolute atomic E-state index is 12.1. The van der Waals surface area contributed by atoms with Crippen molar-refractivity contribution in [2.45, 2.75) is 85.1 Å². The SMILES string of the molecule is CC(C)(C)OC(=O)N1CCN[C@@H](Cc2ccccc2)C1.CC(C)[C@H]1CN(C(=O)OC(C)(C)C)CCN1. The third-order valence-electron chi connectivity index (χ3n) is 5.89. The summed E-state index contributed by atoms with van der Waals surface area (Å²) in [6.45, 7) is 20.3. The summed E-state index contributed by atoms with van der Waals surface area (Å²) < 4.78 is 10.8. The van der Waals surface area contributed by atoms with E-state index in [9.17, 15) is 9.59 Å². The number of hydrogen-bond donors (Lipinski definition) is 2. The highest BCUT2D eigenvalue weighted by Crippen LogP contribution is 2.15. The van der Waals surface area contributed by atoms with Gasteiger partial charge in [0.2, 0.25) is 0 Å². The van der Waals surface area contributed by atoms with Crippen molar-refractivity contribution in [2.75, 3.05) is 39.3 Å². The van der Waals surface area contributed by atoms with Crippen molar-refractivity contribution in [3.05, 3.63) is 35.9 Å². The highest BCUT2D eigenvalue weighted by atomic mass is 16.6. The van der Waals surface area contributed by atoms with E-state index in [4.69, 9.17) is 9.47 Å². The number of ether oxygens (including phenoxy) is 2. The predicted molar refractivity (Wildman–Crippen MR) is 144 cm³/mol. The summed E-state index contributed by atoms with van der Waals surface area (Å²) in [5.41, 5.74) is 0.447. The molecule has 0 spiro atoms. The second kappa shape index (κ2) is 13.3. The molecule has 2 aliphatic rings. The van der Waals surface area contributed by atoms with Gasteiger partial charge in [-0.2, -0.15) is 0 Å². The van der Waals surface area contributed by atoms with Gasteiger partial charge in [0.1, 0.15) is 11.2 Å². The maximum atomic E-state index is 12.1. The molecule has 2 aliphatic heterocycles. The lowest BCUT2D eigenvalue weighted by molar-refractivity contribution is 0.0175. The predicted octanol–water partition coefficient (Wildman–Crippen LogP) is 4.29. The molecule has 3 rings (SSSR count). The maximum Gasteiger partial charge on any atom is 0.410 e. The van der Waals surface area contributed by atoms with Gasteiger partial charge in [0.15, 0.2) is 0 Å². The molecule has 2 atom stereocenters. The first-order valence-electron chi connectivity index (χ1n) is 13.2. The van der Waals surface area contributed by atoms with Gasteiger partial charge in [0.05, 0.1) is 0 Å². The van der Waals surface area contributed by atoms with E-state index >= 15 is 0 Å². The van der Waals surface area contributed by atoms with Crippen LogP contribution < -0.4 is 10.6 Å². The fourth-order valence-electron chi connectivity index (χ4n) is 4.07. The topological polar surface area (TPSA) is 83.1 Å². The van der Waals surface area contributed by atoms with Crippen LogP contribution in [0.4, 0.5) is 9.59 Å². The van der Waals surface area contributed by atoms with Crippen LogP contribution in [-0.4, -0.2) is 84.5 Å². The van der Waals surface area contributed by atoms with Gasteiger partial charge in [0, 0.05) is 51.4 Å². The number of carbonyl (C=O) groups is 2. The summed E-state index contributed by atoms with van der Waals surface area (Å²) in [5, 5.41) is 6.88. The van der Waals surface area contributed by atoms with E-state index in [0.29, 0.717) is 31.1 Å². The zero-order chi connectivity index (χ0) is 26.9. The van der Waals surface area contributed by atoms with Gasteiger partial charge in [-0.05, 0) is 59.4 Å². The number of benzene rings is 1. The first-order valence-corrected chi connectivity index (χ1v) is 13.2. The van der Waals surface area contributed by atoms with Gasteiger partial charge in [-0.25, -0.2) is 9.59 Å². The number of piperazine rings is 2. The summed E-state index contributed by atoms with van der Waals surface area (Å²) in [5.74, 6) is 0.533. The Balaban J connectivity index is 0.000000261. The van der Waals surface area contributed by atoms with E-state index in [1.807, 2.05) is 59.7 Å². The van der Waals surface area contributed by atoms with Gasteiger partial charge >= 0.3 is 12.2 Å². The normalized spacial score (nSPS) is 20.9. The minimum atomic E-state index is -0.434. The summed E-state index contributed by atoms with van der Waals surface area (Å²) in [7, 11) is 0. The third kappa shape index (κ3) is 11.2. The second-order valence-electron chi connectivity index (χ2n) is 12.0. The van der Waals surface area contributed by atoms with Gasteiger partial charge in [-0.1, -0.05) is 44.2 Å². The average Bonchev–Trinajstić information content (AvgIpc) is 2.78. The van der Waals surface area contributed by atoms with Crippen molar-refractivity contribution in [1.82, 2.24) is 20.4 Å². The molecule has 2 amide bonds. The molecule has 2 saturated heterocycles. The lowest BCUT2D eigenvalue weighted by atomic mass is 10.0. The number of nitrogens with one attached hydrogen (secondary N) is 2. The molecule has 2 heterocycles. The summed E-state index contributed by atoms with van der Waals surface area (Å²) in [4.78, 5) is 27.5. The molecule has 1 aromatic rings. The fraction of sp³-hybridized carbons (Fsp3) is 0.714. The summed E-state index contributed by atoms with van der Waals surface area (Å²) >= 11 is 0. The largest absolute Gasteiger partial charge is 0.444 e. The van der Waals surface area contributed by atoms with E-state index in [-0.39, 0.29) is 12.2 Å². The minimum absolute atomic E-state index is 0.195. The van der Waals surface area contributed by atoms with Crippen LogP contribution in [0.2, 0.25) is 0 Å².